The molecule has 1 aliphatic heterocycles. The molecule has 142 valence electrons. The van der Waals surface area contributed by atoms with Crippen LogP contribution in [0.25, 0.3) is 16.8 Å². The first-order valence-corrected chi connectivity index (χ1v) is 9.50. The Morgan fingerprint density at radius 2 is 1.62 bits per heavy atom. The number of ether oxygens (including phenoxy) is 1. The number of allylic oxidation sites excluding steroid dienone is 1. The SMILES string of the molecule is COc1cccc(C2C=C(c3ccc(-c4ccccc4)cc3)Nc3ncnn32)c1. The molecule has 1 aliphatic rings. The number of rotatable bonds is 4. The number of anilines is 1. The monoisotopic (exact) mass is 380 g/mol. The standard InChI is InChI=1S/C24H20N4O/c1-29-21-9-5-8-20(14-21)23-15-22(27-24-25-16-26-28(23)24)19-12-10-18(11-13-19)17-6-3-2-4-7-17/h2-16,23H,1H3,(H,25,26,27). The molecule has 0 amide bonds. The number of nitrogens with one attached hydrogen (secondary N) is 1. The summed E-state index contributed by atoms with van der Waals surface area (Å²) in [6.45, 7) is 0. The number of hydrogen-bond acceptors (Lipinski definition) is 4. The van der Waals surface area contributed by atoms with Crippen LogP contribution in [-0.4, -0.2) is 21.9 Å². The van der Waals surface area contributed by atoms with Crippen LogP contribution in [-0.2, 0) is 0 Å². The van der Waals surface area contributed by atoms with Crippen LogP contribution < -0.4 is 10.1 Å². The Balaban J connectivity index is 1.52. The van der Waals surface area contributed by atoms with Gasteiger partial charge in [-0.1, -0.05) is 66.7 Å². The topological polar surface area (TPSA) is 52.0 Å². The van der Waals surface area contributed by atoms with E-state index in [2.05, 4.69) is 76.1 Å². The predicted molar refractivity (Wildman–Crippen MR) is 115 cm³/mol. The van der Waals surface area contributed by atoms with Crippen molar-refractivity contribution in [2.75, 3.05) is 12.4 Å². The highest BCUT2D eigenvalue weighted by molar-refractivity contribution is 5.78. The molecule has 5 heteroatoms. The van der Waals surface area contributed by atoms with Crippen LogP contribution in [0.4, 0.5) is 5.95 Å². The van der Waals surface area contributed by atoms with Crippen LogP contribution in [0.5, 0.6) is 5.75 Å². The lowest BCUT2D eigenvalue weighted by molar-refractivity contribution is 0.413. The second kappa shape index (κ2) is 7.28. The molecule has 1 aromatic heterocycles. The normalized spacial score (nSPS) is 15.2. The summed E-state index contributed by atoms with van der Waals surface area (Å²) in [6, 6.07) is 26.9. The molecule has 0 fully saturated rings. The Hall–Kier alpha value is -3.86. The Morgan fingerprint density at radius 1 is 0.862 bits per heavy atom. The first-order chi connectivity index (χ1) is 14.3. The molecule has 1 N–H and O–H groups in total. The van der Waals surface area contributed by atoms with E-state index in [-0.39, 0.29) is 6.04 Å². The van der Waals surface area contributed by atoms with Crippen molar-refractivity contribution in [2.24, 2.45) is 0 Å². The van der Waals surface area contributed by atoms with Crippen LogP contribution in [0.1, 0.15) is 17.2 Å². The Kier molecular flexibility index (Phi) is 4.33. The third-order valence-corrected chi connectivity index (χ3v) is 5.15. The molecule has 5 nitrogen and oxygen atoms in total. The summed E-state index contributed by atoms with van der Waals surface area (Å²) in [5.41, 5.74) is 5.61. The van der Waals surface area contributed by atoms with Crippen molar-refractivity contribution >= 4 is 11.6 Å². The summed E-state index contributed by atoms with van der Waals surface area (Å²) in [5, 5.41) is 7.81. The van der Waals surface area contributed by atoms with Crippen molar-refractivity contribution in [1.82, 2.24) is 14.8 Å². The van der Waals surface area contributed by atoms with Gasteiger partial charge in [0.05, 0.1) is 7.11 Å². The van der Waals surface area contributed by atoms with Crippen molar-refractivity contribution in [1.29, 1.82) is 0 Å². The highest BCUT2D eigenvalue weighted by Crippen LogP contribution is 2.33. The summed E-state index contributed by atoms with van der Waals surface area (Å²) >= 11 is 0. The average molecular weight is 380 g/mol. The number of benzene rings is 3. The number of hydrogen-bond donors (Lipinski definition) is 1. The minimum absolute atomic E-state index is 0.0624. The first kappa shape index (κ1) is 17.3. The summed E-state index contributed by atoms with van der Waals surface area (Å²) < 4.78 is 7.29. The fourth-order valence-corrected chi connectivity index (χ4v) is 3.64. The molecular weight excluding hydrogens is 360 g/mol. The molecular formula is C24H20N4O. The summed E-state index contributed by atoms with van der Waals surface area (Å²) in [6.07, 6.45) is 3.75. The molecule has 1 atom stereocenters. The van der Waals surface area contributed by atoms with E-state index in [1.165, 1.54) is 11.1 Å². The van der Waals surface area contributed by atoms with Crippen molar-refractivity contribution in [2.45, 2.75) is 6.04 Å². The van der Waals surface area contributed by atoms with Gasteiger partial charge in [-0.3, -0.25) is 0 Å². The van der Waals surface area contributed by atoms with Gasteiger partial charge in [0, 0.05) is 5.70 Å². The molecule has 2 heterocycles. The number of aromatic nitrogens is 3. The zero-order valence-corrected chi connectivity index (χ0v) is 16.0. The molecule has 0 radical (unpaired) electrons. The van der Waals surface area contributed by atoms with Crippen molar-refractivity contribution in [3.63, 3.8) is 0 Å². The highest BCUT2D eigenvalue weighted by Gasteiger charge is 2.23. The van der Waals surface area contributed by atoms with Crippen LogP contribution >= 0.6 is 0 Å². The van der Waals surface area contributed by atoms with Gasteiger partial charge in [-0.15, -0.1) is 0 Å². The van der Waals surface area contributed by atoms with Crippen LogP contribution in [0.3, 0.4) is 0 Å². The van der Waals surface area contributed by atoms with Crippen molar-refractivity contribution in [3.8, 4) is 16.9 Å². The Morgan fingerprint density at radius 3 is 2.41 bits per heavy atom. The smallest absolute Gasteiger partial charge is 0.226 e. The Labute approximate surface area is 169 Å². The van der Waals surface area contributed by atoms with E-state index in [0.29, 0.717) is 0 Å². The summed E-state index contributed by atoms with van der Waals surface area (Å²) in [5.74, 6) is 1.55. The molecule has 0 saturated heterocycles. The zero-order valence-electron chi connectivity index (χ0n) is 16.0. The molecule has 0 spiro atoms. The number of fused-ring (bicyclic) bond motifs is 1. The van der Waals surface area contributed by atoms with E-state index < -0.39 is 0 Å². The highest BCUT2D eigenvalue weighted by atomic mass is 16.5. The van der Waals surface area contributed by atoms with Gasteiger partial charge in [-0.2, -0.15) is 10.1 Å². The molecule has 0 bridgehead atoms. The van der Waals surface area contributed by atoms with Gasteiger partial charge >= 0.3 is 0 Å². The van der Waals surface area contributed by atoms with E-state index >= 15 is 0 Å². The lowest BCUT2D eigenvalue weighted by atomic mass is 9.99. The zero-order chi connectivity index (χ0) is 19.6. The van der Waals surface area contributed by atoms with Crippen molar-refractivity contribution in [3.05, 3.63) is 102 Å². The van der Waals surface area contributed by atoms with Crippen LogP contribution in [0, 0.1) is 0 Å². The van der Waals surface area contributed by atoms with E-state index in [4.69, 9.17) is 4.74 Å². The van der Waals surface area contributed by atoms with E-state index in [9.17, 15) is 0 Å². The fraction of sp³-hybridized carbons (Fsp3) is 0.0833. The number of nitrogens with zero attached hydrogens (tertiary/aromatic N) is 3. The molecule has 29 heavy (non-hydrogen) atoms. The Bertz CT molecular complexity index is 1160. The molecule has 0 saturated carbocycles. The molecule has 3 aromatic carbocycles. The fourth-order valence-electron chi connectivity index (χ4n) is 3.64. The van der Waals surface area contributed by atoms with Gasteiger partial charge in [-0.25, -0.2) is 4.68 Å². The van der Waals surface area contributed by atoms with E-state index in [0.717, 1.165) is 28.5 Å². The number of methoxy groups -OCH3 is 1. The van der Waals surface area contributed by atoms with Gasteiger partial charge in [0.2, 0.25) is 5.95 Å². The van der Waals surface area contributed by atoms with Gasteiger partial charge in [-0.05, 0) is 40.5 Å². The first-order valence-electron chi connectivity index (χ1n) is 9.50. The maximum Gasteiger partial charge on any atom is 0.226 e. The lowest BCUT2D eigenvalue weighted by Crippen LogP contribution is -2.20. The van der Waals surface area contributed by atoms with Gasteiger partial charge in [0.1, 0.15) is 18.1 Å². The van der Waals surface area contributed by atoms with Crippen molar-refractivity contribution < 1.29 is 4.74 Å². The average Bonchev–Trinajstić information content (AvgIpc) is 3.28. The molecule has 4 aromatic rings. The minimum atomic E-state index is -0.0624. The molecule has 5 rings (SSSR count). The van der Waals surface area contributed by atoms with Gasteiger partial charge in [0.15, 0.2) is 0 Å². The minimum Gasteiger partial charge on any atom is -0.497 e. The van der Waals surface area contributed by atoms with Gasteiger partial charge < -0.3 is 10.1 Å². The van der Waals surface area contributed by atoms with Crippen LogP contribution in [0.15, 0.2) is 91.3 Å². The summed E-state index contributed by atoms with van der Waals surface area (Å²) in [7, 11) is 1.68. The second-order valence-corrected chi connectivity index (χ2v) is 6.90. The third-order valence-electron chi connectivity index (χ3n) is 5.15. The van der Waals surface area contributed by atoms with E-state index in [1.807, 2.05) is 28.9 Å². The van der Waals surface area contributed by atoms with Crippen LogP contribution in [0.2, 0.25) is 0 Å². The van der Waals surface area contributed by atoms with Gasteiger partial charge in [0.25, 0.3) is 0 Å². The summed E-state index contributed by atoms with van der Waals surface area (Å²) in [4.78, 5) is 4.38. The quantitative estimate of drug-likeness (QED) is 0.541. The third kappa shape index (κ3) is 3.27. The predicted octanol–water partition coefficient (Wildman–Crippen LogP) is 5.01. The maximum atomic E-state index is 5.40. The maximum absolute atomic E-state index is 5.40. The molecule has 0 aliphatic carbocycles. The lowest BCUT2D eigenvalue weighted by Gasteiger charge is -2.24. The largest absolute Gasteiger partial charge is 0.497 e. The van der Waals surface area contributed by atoms with E-state index in [1.54, 1.807) is 13.4 Å². The second-order valence-electron chi connectivity index (χ2n) is 6.90. The molecule has 1 unspecified atom stereocenters.